The first-order chi connectivity index (χ1) is 12.5. The second-order valence-corrected chi connectivity index (χ2v) is 6.54. The number of benzene rings is 1. The van der Waals surface area contributed by atoms with Crippen molar-refractivity contribution in [3.05, 3.63) is 57.7 Å². The second kappa shape index (κ2) is 5.91. The maximum atomic E-state index is 12.3. The number of rotatable bonds is 5. The number of nitrogens with zero attached hydrogens (tertiary/aromatic N) is 5. The van der Waals surface area contributed by atoms with E-state index in [2.05, 4.69) is 15.0 Å². The van der Waals surface area contributed by atoms with Crippen molar-refractivity contribution in [1.82, 2.24) is 24.4 Å². The number of ether oxygens (including phenoxy) is 1. The average molecular weight is 341 g/mol. The normalized spacial score (nSPS) is 14.6. The van der Waals surface area contributed by atoms with Crippen molar-refractivity contribution in [2.45, 2.75) is 32.3 Å². The minimum atomic E-state index is -0.283. The van der Waals surface area contributed by atoms with Gasteiger partial charge in [-0.25, -0.2) is 4.79 Å². The summed E-state index contributed by atoms with van der Waals surface area (Å²) in [5, 5.41) is 7.81. The summed E-state index contributed by atoms with van der Waals surface area (Å²) in [5.74, 6) is 1.24. The van der Waals surface area contributed by atoms with Crippen LogP contribution in [-0.2, 0) is 20.7 Å². The van der Waals surface area contributed by atoms with E-state index in [0.717, 1.165) is 29.7 Å². The van der Waals surface area contributed by atoms with Crippen LogP contribution >= 0.6 is 0 Å². The number of tetrazole rings is 1. The zero-order valence-corrected chi connectivity index (χ0v) is 14.6. The van der Waals surface area contributed by atoms with Gasteiger partial charge in [0.15, 0.2) is 0 Å². The number of aromatic nitrogens is 5. The fraction of sp³-hybridized carbons (Fsp3) is 0.389. The summed E-state index contributed by atoms with van der Waals surface area (Å²) in [4.78, 5) is 12.3. The van der Waals surface area contributed by atoms with Crippen molar-refractivity contribution in [2.75, 3.05) is 0 Å². The lowest BCUT2D eigenvalue weighted by molar-refractivity contribution is 0.302. The van der Waals surface area contributed by atoms with Crippen molar-refractivity contribution in [3.8, 4) is 11.4 Å². The zero-order valence-electron chi connectivity index (χ0n) is 15.6. The minimum absolute atomic E-state index is 0.283. The number of para-hydroxylation sites is 1. The van der Waals surface area contributed by atoms with E-state index >= 15 is 0 Å². The lowest BCUT2D eigenvalue weighted by Crippen LogP contribution is -2.22. The molecule has 1 fully saturated rings. The Kier molecular flexibility index (Phi) is 3.43. The number of hydrogen-bond acceptors (Lipinski definition) is 4. The minimum Gasteiger partial charge on any atom is -0.488 e. The molecular formula is C18H21N5O2. The lowest BCUT2D eigenvalue weighted by atomic mass is 10.1. The molecule has 2 heterocycles. The van der Waals surface area contributed by atoms with E-state index in [-0.39, 0.29) is 5.69 Å². The van der Waals surface area contributed by atoms with Crippen LogP contribution in [0.1, 0.15) is 37.0 Å². The Bertz CT molecular complexity index is 1030. The van der Waals surface area contributed by atoms with Gasteiger partial charge in [0, 0.05) is 31.5 Å². The van der Waals surface area contributed by atoms with Gasteiger partial charge < -0.3 is 9.30 Å². The van der Waals surface area contributed by atoms with Crippen LogP contribution in [0, 0.1) is 6.92 Å². The molecule has 7 nitrogen and oxygen atoms in total. The summed E-state index contributed by atoms with van der Waals surface area (Å²) in [5.41, 5.74) is 3.50. The topological polar surface area (TPSA) is 66.9 Å². The first-order valence-electron chi connectivity index (χ1n) is 8.83. The molecule has 25 heavy (non-hydrogen) atoms. The van der Waals surface area contributed by atoms with Crippen LogP contribution in [0.15, 0.2) is 35.2 Å². The molecule has 0 atom stereocenters. The Morgan fingerprint density at radius 3 is 2.76 bits per heavy atom. The summed E-state index contributed by atoms with van der Waals surface area (Å²) >= 11 is 0. The highest BCUT2D eigenvalue weighted by Gasteiger charge is 2.32. The molecular weight excluding hydrogens is 318 g/mol. The van der Waals surface area contributed by atoms with E-state index < -0.39 is 0 Å². The van der Waals surface area contributed by atoms with Crippen molar-refractivity contribution in [1.29, 1.82) is 0 Å². The van der Waals surface area contributed by atoms with E-state index in [1.807, 2.05) is 26.2 Å². The predicted molar refractivity (Wildman–Crippen MR) is 93.1 cm³/mol. The molecule has 4 rings (SSSR count). The summed E-state index contributed by atoms with van der Waals surface area (Å²) in [7, 11) is 3.57. The first kappa shape index (κ1) is 14.5. The molecule has 0 saturated heterocycles. The van der Waals surface area contributed by atoms with Crippen LogP contribution < -0.4 is 10.4 Å². The van der Waals surface area contributed by atoms with Crippen molar-refractivity contribution >= 4 is 0 Å². The molecule has 0 amide bonds. The molecule has 130 valence electrons. The van der Waals surface area contributed by atoms with Crippen LogP contribution in [0.5, 0.6) is 5.75 Å². The summed E-state index contributed by atoms with van der Waals surface area (Å²) < 4.78 is 18.3. The van der Waals surface area contributed by atoms with Gasteiger partial charge in [-0.2, -0.15) is 9.36 Å². The molecule has 0 N–H and O–H groups in total. The Labute approximate surface area is 146 Å². The summed E-state index contributed by atoms with van der Waals surface area (Å²) in [6.45, 7) is 2.26. The molecule has 0 spiro atoms. The smallest absolute Gasteiger partial charge is 0.368 e. The van der Waals surface area contributed by atoms with Gasteiger partial charge in [0.1, 0.15) is 12.4 Å². The van der Waals surface area contributed by atoms with Crippen LogP contribution in [-0.4, -0.2) is 24.4 Å². The SMILES string of the molecule is [3H]c1ccc(OCc2c(-n3nnn(C)c3=O)cn(C)c2C2CC2)c(C)c1. The molecule has 1 aliphatic carbocycles. The molecule has 0 bridgehead atoms. The van der Waals surface area contributed by atoms with Crippen LogP contribution in [0.3, 0.4) is 0 Å². The van der Waals surface area contributed by atoms with Gasteiger partial charge in [0.05, 0.1) is 7.06 Å². The third kappa shape index (κ3) is 2.75. The van der Waals surface area contributed by atoms with Crippen LogP contribution in [0.2, 0.25) is 0 Å². The number of hydrogen-bond donors (Lipinski definition) is 0. The fourth-order valence-electron chi connectivity index (χ4n) is 3.17. The van der Waals surface area contributed by atoms with Gasteiger partial charge in [0.25, 0.3) is 0 Å². The maximum Gasteiger partial charge on any atom is 0.368 e. The molecule has 7 heteroatoms. The van der Waals surface area contributed by atoms with Gasteiger partial charge in [-0.05, 0) is 47.7 Å². The Hall–Kier alpha value is -2.83. The second-order valence-electron chi connectivity index (χ2n) is 6.54. The van der Waals surface area contributed by atoms with Gasteiger partial charge >= 0.3 is 5.69 Å². The highest BCUT2D eigenvalue weighted by molar-refractivity contribution is 5.46. The zero-order chi connectivity index (χ0) is 18.4. The van der Waals surface area contributed by atoms with Crippen LogP contribution in [0.25, 0.3) is 5.69 Å². The largest absolute Gasteiger partial charge is 0.488 e. The average Bonchev–Trinajstić information content (AvgIpc) is 3.30. The van der Waals surface area contributed by atoms with Gasteiger partial charge in [-0.1, -0.05) is 18.2 Å². The van der Waals surface area contributed by atoms with E-state index in [1.165, 1.54) is 15.1 Å². The van der Waals surface area contributed by atoms with E-state index in [4.69, 9.17) is 6.11 Å². The highest BCUT2D eigenvalue weighted by atomic mass is 16.5. The van der Waals surface area contributed by atoms with E-state index in [9.17, 15) is 4.79 Å². The molecule has 0 aliphatic heterocycles. The van der Waals surface area contributed by atoms with E-state index in [0.29, 0.717) is 24.3 Å². The monoisotopic (exact) mass is 341 g/mol. The molecule has 3 aromatic rings. The Morgan fingerprint density at radius 1 is 1.32 bits per heavy atom. The van der Waals surface area contributed by atoms with Crippen molar-refractivity contribution in [2.24, 2.45) is 14.1 Å². The summed E-state index contributed by atoms with van der Waals surface area (Å²) in [6.07, 6.45) is 4.21. The molecule has 0 radical (unpaired) electrons. The van der Waals surface area contributed by atoms with Crippen LogP contribution in [0.4, 0.5) is 0 Å². The van der Waals surface area contributed by atoms with Crippen molar-refractivity contribution < 1.29 is 6.11 Å². The third-order valence-corrected chi connectivity index (χ3v) is 4.62. The first-order valence-corrected chi connectivity index (χ1v) is 8.33. The molecule has 1 aliphatic rings. The molecule has 1 saturated carbocycles. The standard InChI is InChI=1S/C18H21N5O2/c1-12-6-4-5-7-16(12)25-11-14-15(23-18(24)22(3)19-20-23)10-21(2)17(14)13-8-9-13/h4-7,10,13H,8-9,11H2,1-3H3/i4T. The maximum absolute atomic E-state index is 12.3. The Balaban J connectivity index is 1.74. The predicted octanol–water partition coefficient (Wildman–Crippen LogP) is 2.07. The summed E-state index contributed by atoms with van der Waals surface area (Å²) in [6, 6.07) is 5.75. The number of aryl methyl sites for hydroxylation is 3. The van der Waals surface area contributed by atoms with Gasteiger partial charge in [-0.3, -0.25) is 0 Å². The quantitative estimate of drug-likeness (QED) is 0.712. The molecule has 0 unspecified atom stereocenters. The lowest BCUT2D eigenvalue weighted by Gasteiger charge is -2.11. The van der Waals surface area contributed by atoms with Gasteiger partial charge in [0.2, 0.25) is 0 Å². The molecule has 2 aromatic heterocycles. The van der Waals surface area contributed by atoms with E-state index in [1.54, 1.807) is 19.2 Å². The van der Waals surface area contributed by atoms with Crippen molar-refractivity contribution in [3.63, 3.8) is 0 Å². The molecule has 1 aromatic carbocycles. The third-order valence-electron chi connectivity index (χ3n) is 4.62. The fourth-order valence-corrected chi connectivity index (χ4v) is 3.17. The van der Waals surface area contributed by atoms with Gasteiger partial charge in [-0.15, -0.1) is 0 Å². The Morgan fingerprint density at radius 2 is 2.12 bits per heavy atom. The highest BCUT2D eigenvalue weighted by Crippen LogP contribution is 2.43.